The van der Waals surface area contributed by atoms with Crippen LogP contribution in [0.15, 0.2) is 65.9 Å². The molecule has 0 aliphatic rings. The molecule has 0 radical (unpaired) electrons. The van der Waals surface area contributed by atoms with Gasteiger partial charge in [-0.2, -0.15) is 10.2 Å². The summed E-state index contributed by atoms with van der Waals surface area (Å²) < 4.78 is 12.1. The number of hydrogen-bond acceptors (Lipinski definition) is 5. The molecule has 1 heterocycles. The van der Waals surface area contributed by atoms with Gasteiger partial charge in [-0.15, -0.1) is 0 Å². The van der Waals surface area contributed by atoms with E-state index in [1.165, 1.54) is 0 Å². The zero-order valence-electron chi connectivity index (χ0n) is 15.8. The van der Waals surface area contributed by atoms with E-state index in [1.807, 2.05) is 65.5 Å². The number of hydrogen-bond donors (Lipinski definition) is 1. The summed E-state index contributed by atoms with van der Waals surface area (Å²) in [6.07, 6.45) is 2.83. The molecule has 0 fully saturated rings. The summed E-state index contributed by atoms with van der Waals surface area (Å²) in [4.78, 5) is 11.4. The van der Waals surface area contributed by atoms with Crippen molar-refractivity contribution >= 4 is 12.3 Å². The van der Waals surface area contributed by atoms with Crippen molar-refractivity contribution in [1.82, 2.24) is 15.2 Å². The summed E-state index contributed by atoms with van der Waals surface area (Å²) in [7, 11) is 1.62. The van der Waals surface area contributed by atoms with Crippen LogP contribution in [0.3, 0.4) is 0 Å². The lowest BCUT2D eigenvalue weighted by molar-refractivity contribution is 0.152. The third kappa shape index (κ3) is 4.76. The summed E-state index contributed by atoms with van der Waals surface area (Å²) in [5.41, 5.74) is 5.77. The zero-order valence-corrected chi connectivity index (χ0v) is 15.8. The molecule has 0 spiro atoms. The van der Waals surface area contributed by atoms with E-state index >= 15 is 0 Å². The number of nitrogens with zero attached hydrogens (tertiary/aromatic N) is 3. The number of benzene rings is 2. The maximum atomic E-state index is 11.4. The van der Waals surface area contributed by atoms with Crippen molar-refractivity contribution in [2.45, 2.75) is 13.5 Å². The molecule has 0 aliphatic heterocycles. The van der Waals surface area contributed by atoms with E-state index in [-0.39, 0.29) is 6.61 Å². The Morgan fingerprint density at radius 3 is 2.68 bits per heavy atom. The van der Waals surface area contributed by atoms with Gasteiger partial charge < -0.3 is 9.47 Å². The maximum absolute atomic E-state index is 11.4. The molecule has 1 aromatic heterocycles. The Bertz CT molecular complexity index is 951. The number of carbonyl (C=O) groups is 1. The first-order chi connectivity index (χ1) is 13.7. The Balaban J connectivity index is 1.93. The van der Waals surface area contributed by atoms with Gasteiger partial charge in [-0.05, 0) is 24.6 Å². The van der Waals surface area contributed by atoms with Crippen molar-refractivity contribution in [3.63, 3.8) is 0 Å². The fourth-order valence-corrected chi connectivity index (χ4v) is 2.75. The fourth-order valence-electron chi connectivity index (χ4n) is 2.75. The molecule has 7 heteroatoms. The lowest BCUT2D eigenvalue weighted by Crippen LogP contribution is -2.18. The number of ether oxygens (including phenoxy) is 2. The van der Waals surface area contributed by atoms with Crippen LogP contribution >= 0.6 is 0 Å². The van der Waals surface area contributed by atoms with Crippen LogP contribution in [-0.4, -0.2) is 35.8 Å². The van der Waals surface area contributed by atoms with E-state index in [0.29, 0.717) is 18.0 Å². The molecule has 3 rings (SSSR count). The van der Waals surface area contributed by atoms with Gasteiger partial charge in [0.05, 0.1) is 26.5 Å². The smallest absolute Gasteiger partial charge is 0.427 e. The quantitative estimate of drug-likeness (QED) is 0.502. The van der Waals surface area contributed by atoms with Gasteiger partial charge in [-0.3, -0.25) is 4.68 Å². The van der Waals surface area contributed by atoms with Gasteiger partial charge in [0, 0.05) is 17.3 Å². The molecule has 144 valence electrons. The van der Waals surface area contributed by atoms with Gasteiger partial charge in [-0.25, -0.2) is 10.2 Å². The number of carbonyl (C=O) groups excluding carboxylic acids is 1. The Morgan fingerprint density at radius 1 is 1.18 bits per heavy atom. The molecule has 28 heavy (non-hydrogen) atoms. The molecule has 0 aliphatic carbocycles. The standard InChI is InChI=1S/C21H22N4O3/c1-3-28-21(26)23-22-13-17-15-25(14-16-9-5-4-6-10-16)24-20(17)18-11-7-8-12-19(18)27-2/h4-13,15H,3,14H2,1-2H3,(H,23,26)/b22-13-. The Morgan fingerprint density at radius 2 is 1.93 bits per heavy atom. The van der Waals surface area contributed by atoms with E-state index in [2.05, 4.69) is 10.5 Å². The van der Waals surface area contributed by atoms with Crippen LogP contribution in [-0.2, 0) is 11.3 Å². The highest BCUT2D eigenvalue weighted by molar-refractivity contribution is 5.90. The second-order valence-corrected chi connectivity index (χ2v) is 5.91. The Kier molecular flexibility index (Phi) is 6.41. The number of rotatable bonds is 7. The van der Waals surface area contributed by atoms with Crippen molar-refractivity contribution in [2.75, 3.05) is 13.7 Å². The van der Waals surface area contributed by atoms with Crippen LogP contribution in [0.25, 0.3) is 11.3 Å². The highest BCUT2D eigenvalue weighted by Crippen LogP contribution is 2.30. The molecular weight excluding hydrogens is 356 g/mol. The molecule has 0 saturated carbocycles. The van der Waals surface area contributed by atoms with E-state index in [4.69, 9.17) is 14.6 Å². The van der Waals surface area contributed by atoms with Crippen LogP contribution in [0.5, 0.6) is 5.75 Å². The predicted octanol–water partition coefficient (Wildman–Crippen LogP) is 3.69. The number of amides is 1. The summed E-state index contributed by atoms with van der Waals surface area (Å²) in [5, 5.41) is 8.70. The first kappa shape index (κ1) is 19.2. The Labute approximate surface area is 163 Å². The molecule has 3 aromatic rings. The average Bonchev–Trinajstić information content (AvgIpc) is 3.11. The summed E-state index contributed by atoms with van der Waals surface area (Å²) in [6.45, 7) is 2.63. The third-order valence-corrected chi connectivity index (χ3v) is 3.97. The van der Waals surface area contributed by atoms with Gasteiger partial charge in [0.25, 0.3) is 0 Å². The SMILES string of the molecule is CCOC(=O)N/N=C\c1cn(Cc2ccccc2)nc1-c1ccccc1OC. The summed E-state index contributed by atoms with van der Waals surface area (Å²) in [5.74, 6) is 0.709. The van der Waals surface area contributed by atoms with E-state index in [1.54, 1.807) is 20.2 Å². The van der Waals surface area contributed by atoms with Crippen molar-refractivity contribution in [1.29, 1.82) is 0 Å². The molecular formula is C21H22N4O3. The van der Waals surface area contributed by atoms with Crippen LogP contribution in [0.2, 0.25) is 0 Å². The fraction of sp³-hybridized carbons (Fsp3) is 0.190. The molecule has 0 atom stereocenters. The van der Waals surface area contributed by atoms with Crippen molar-refractivity contribution in [2.24, 2.45) is 5.10 Å². The van der Waals surface area contributed by atoms with Gasteiger partial charge >= 0.3 is 6.09 Å². The number of nitrogens with one attached hydrogen (secondary N) is 1. The topological polar surface area (TPSA) is 77.7 Å². The minimum Gasteiger partial charge on any atom is -0.496 e. The third-order valence-electron chi connectivity index (χ3n) is 3.97. The second kappa shape index (κ2) is 9.36. The summed E-state index contributed by atoms with van der Waals surface area (Å²) in [6, 6.07) is 17.7. The molecule has 1 N–H and O–H groups in total. The molecule has 0 unspecified atom stereocenters. The average molecular weight is 378 g/mol. The van der Waals surface area contributed by atoms with Crippen LogP contribution in [0.1, 0.15) is 18.1 Å². The van der Waals surface area contributed by atoms with E-state index in [0.717, 1.165) is 16.7 Å². The van der Waals surface area contributed by atoms with Crippen molar-refractivity contribution in [3.8, 4) is 17.0 Å². The first-order valence-electron chi connectivity index (χ1n) is 8.92. The molecule has 0 bridgehead atoms. The normalized spacial score (nSPS) is 10.8. The summed E-state index contributed by atoms with van der Waals surface area (Å²) >= 11 is 0. The minimum absolute atomic E-state index is 0.281. The van der Waals surface area contributed by atoms with Crippen LogP contribution in [0, 0.1) is 0 Å². The largest absolute Gasteiger partial charge is 0.496 e. The lowest BCUT2D eigenvalue weighted by Gasteiger charge is -2.06. The molecule has 7 nitrogen and oxygen atoms in total. The first-order valence-corrected chi connectivity index (χ1v) is 8.92. The van der Waals surface area contributed by atoms with Gasteiger partial charge in [0.1, 0.15) is 11.4 Å². The minimum atomic E-state index is -0.603. The zero-order chi connectivity index (χ0) is 19.8. The number of para-hydroxylation sites is 1. The second-order valence-electron chi connectivity index (χ2n) is 5.91. The number of hydrazone groups is 1. The lowest BCUT2D eigenvalue weighted by atomic mass is 10.1. The van der Waals surface area contributed by atoms with Gasteiger partial charge in [-0.1, -0.05) is 42.5 Å². The van der Waals surface area contributed by atoms with Gasteiger partial charge in [0.15, 0.2) is 0 Å². The number of aromatic nitrogens is 2. The maximum Gasteiger partial charge on any atom is 0.427 e. The predicted molar refractivity (Wildman–Crippen MR) is 108 cm³/mol. The van der Waals surface area contributed by atoms with Gasteiger partial charge in [0.2, 0.25) is 0 Å². The number of methoxy groups -OCH3 is 1. The molecule has 1 amide bonds. The monoisotopic (exact) mass is 378 g/mol. The van der Waals surface area contributed by atoms with Crippen molar-refractivity contribution in [3.05, 3.63) is 71.9 Å². The van der Waals surface area contributed by atoms with Crippen LogP contribution < -0.4 is 10.2 Å². The van der Waals surface area contributed by atoms with Crippen molar-refractivity contribution < 1.29 is 14.3 Å². The molecule has 0 saturated heterocycles. The highest BCUT2D eigenvalue weighted by Gasteiger charge is 2.14. The van der Waals surface area contributed by atoms with E-state index < -0.39 is 6.09 Å². The Hall–Kier alpha value is -3.61. The van der Waals surface area contributed by atoms with Crippen LogP contribution in [0.4, 0.5) is 4.79 Å². The highest BCUT2D eigenvalue weighted by atomic mass is 16.5. The van der Waals surface area contributed by atoms with E-state index in [9.17, 15) is 4.79 Å². The molecule has 2 aromatic carbocycles.